The molecule has 0 fully saturated rings. The van der Waals surface area contributed by atoms with Crippen molar-refractivity contribution in [2.45, 2.75) is 49.2 Å². The van der Waals surface area contributed by atoms with Gasteiger partial charge in [-0.25, -0.2) is 0 Å². The SMILES string of the molecule is CC(C)(C)c1cc(C(C)(C)C(Cl)(Cl)Cl)[nH]n1. The van der Waals surface area contributed by atoms with E-state index in [4.69, 9.17) is 34.8 Å². The summed E-state index contributed by atoms with van der Waals surface area (Å²) in [6.07, 6.45) is 0. The number of hydrogen-bond acceptors (Lipinski definition) is 1. The molecule has 0 saturated carbocycles. The lowest BCUT2D eigenvalue weighted by molar-refractivity contribution is 0.518. The van der Waals surface area contributed by atoms with Gasteiger partial charge in [0.25, 0.3) is 0 Å². The highest BCUT2D eigenvalue weighted by atomic mass is 35.6. The highest BCUT2D eigenvalue weighted by molar-refractivity contribution is 6.68. The normalized spacial score (nSPS) is 14.2. The second-order valence-electron chi connectivity index (χ2n) is 5.54. The van der Waals surface area contributed by atoms with Gasteiger partial charge in [-0.1, -0.05) is 69.4 Å². The zero-order valence-electron chi connectivity index (χ0n) is 10.2. The van der Waals surface area contributed by atoms with Crippen LogP contribution in [-0.2, 0) is 10.8 Å². The minimum atomic E-state index is -1.37. The van der Waals surface area contributed by atoms with Crippen LogP contribution in [0.15, 0.2) is 6.07 Å². The summed E-state index contributed by atoms with van der Waals surface area (Å²) < 4.78 is -1.37. The first kappa shape index (κ1) is 14.1. The first-order valence-corrected chi connectivity index (χ1v) is 6.23. The van der Waals surface area contributed by atoms with Crippen molar-refractivity contribution in [1.29, 1.82) is 0 Å². The Kier molecular flexibility index (Phi) is 3.60. The molecule has 0 aliphatic heterocycles. The fourth-order valence-corrected chi connectivity index (χ4v) is 1.48. The van der Waals surface area contributed by atoms with Gasteiger partial charge in [0.2, 0.25) is 3.79 Å². The molecule has 0 spiro atoms. The molecule has 5 heteroatoms. The largest absolute Gasteiger partial charge is 0.282 e. The van der Waals surface area contributed by atoms with Gasteiger partial charge in [-0.2, -0.15) is 5.10 Å². The highest BCUT2D eigenvalue weighted by Gasteiger charge is 2.43. The van der Waals surface area contributed by atoms with Gasteiger partial charge in [0.15, 0.2) is 0 Å². The van der Waals surface area contributed by atoms with Crippen molar-refractivity contribution < 1.29 is 0 Å². The van der Waals surface area contributed by atoms with Gasteiger partial charge in [0, 0.05) is 11.1 Å². The van der Waals surface area contributed by atoms with Crippen LogP contribution in [0, 0.1) is 0 Å². The van der Waals surface area contributed by atoms with E-state index in [1.54, 1.807) is 0 Å². The van der Waals surface area contributed by atoms with Crippen LogP contribution in [0.4, 0.5) is 0 Å². The number of aromatic amines is 1. The molecule has 0 atom stereocenters. The van der Waals surface area contributed by atoms with Gasteiger partial charge >= 0.3 is 0 Å². The summed E-state index contributed by atoms with van der Waals surface area (Å²) in [6, 6.07) is 1.96. The third kappa shape index (κ3) is 2.66. The van der Waals surface area contributed by atoms with Gasteiger partial charge in [0.05, 0.1) is 11.1 Å². The average Bonchev–Trinajstić information content (AvgIpc) is 2.47. The van der Waals surface area contributed by atoms with E-state index < -0.39 is 9.21 Å². The van der Waals surface area contributed by atoms with Crippen LogP contribution in [0.2, 0.25) is 0 Å². The standard InChI is InChI=1S/C11H17Cl3N2/c1-9(2,3)7-6-8(16-15-7)10(4,5)11(12,13)14/h6H,1-5H3,(H,15,16). The molecule has 1 N–H and O–H groups in total. The van der Waals surface area contributed by atoms with Crippen LogP contribution in [-0.4, -0.2) is 14.0 Å². The van der Waals surface area contributed by atoms with Crippen molar-refractivity contribution in [3.63, 3.8) is 0 Å². The van der Waals surface area contributed by atoms with E-state index in [2.05, 4.69) is 31.0 Å². The highest BCUT2D eigenvalue weighted by Crippen LogP contribution is 2.46. The van der Waals surface area contributed by atoms with E-state index in [0.29, 0.717) is 0 Å². The Hall–Kier alpha value is 0.0800. The lowest BCUT2D eigenvalue weighted by Gasteiger charge is -2.30. The summed E-state index contributed by atoms with van der Waals surface area (Å²) in [4.78, 5) is 0. The summed E-state index contributed by atoms with van der Waals surface area (Å²) in [5.74, 6) is 0. The van der Waals surface area contributed by atoms with Crippen molar-refractivity contribution in [1.82, 2.24) is 10.2 Å². The number of alkyl halides is 3. The zero-order valence-corrected chi connectivity index (χ0v) is 12.4. The fourth-order valence-electron chi connectivity index (χ4n) is 1.18. The van der Waals surface area contributed by atoms with Crippen molar-refractivity contribution in [3.8, 4) is 0 Å². The summed E-state index contributed by atoms with van der Waals surface area (Å²) in [7, 11) is 0. The van der Waals surface area contributed by atoms with Crippen LogP contribution in [0.1, 0.15) is 46.0 Å². The molecule has 0 aliphatic carbocycles. The van der Waals surface area contributed by atoms with Gasteiger partial charge < -0.3 is 0 Å². The quantitative estimate of drug-likeness (QED) is 0.762. The Bertz CT molecular complexity index is 369. The van der Waals surface area contributed by atoms with Gasteiger partial charge in [0.1, 0.15) is 0 Å². The summed E-state index contributed by atoms with van der Waals surface area (Å²) in [5, 5.41) is 7.22. The Morgan fingerprint density at radius 1 is 1.06 bits per heavy atom. The molecule has 0 aliphatic rings. The van der Waals surface area contributed by atoms with Crippen LogP contribution < -0.4 is 0 Å². The summed E-state index contributed by atoms with van der Waals surface area (Å²) in [6.45, 7) is 10.0. The predicted octanol–water partition coefficient (Wildman–Crippen LogP) is 4.36. The van der Waals surface area contributed by atoms with Crippen LogP contribution in [0.25, 0.3) is 0 Å². The molecule has 0 saturated heterocycles. The number of hydrogen-bond donors (Lipinski definition) is 1. The molecule has 92 valence electrons. The lowest BCUT2D eigenvalue weighted by atomic mass is 9.87. The molecule has 1 aromatic heterocycles. The van der Waals surface area contributed by atoms with Gasteiger partial charge in [-0.15, -0.1) is 0 Å². The molecule has 0 amide bonds. The minimum absolute atomic E-state index is 0.0154. The van der Waals surface area contributed by atoms with E-state index in [1.165, 1.54) is 0 Å². The smallest absolute Gasteiger partial charge is 0.201 e. The van der Waals surface area contributed by atoms with Gasteiger partial charge in [-0.3, -0.25) is 5.10 Å². The molecule has 16 heavy (non-hydrogen) atoms. The van der Waals surface area contributed by atoms with Gasteiger partial charge in [-0.05, 0) is 6.07 Å². The molecular weight excluding hydrogens is 266 g/mol. The lowest BCUT2D eigenvalue weighted by Crippen LogP contribution is -2.34. The van der Waals surface area contributed by atoms with Crippen molar-refractivity contribution >= 4 is 34.8 Å². The Morgan fingerprint density at radius 2 is 1.56 bits per heavy atom. The summed E-state index contributed by atoms with van der Waals surface area (Å²) >= 11 is 17.9. The molecule has 0 radical (unpaired) electrons. The molecule has 0 unspecified atom stereocenters. The number of aromatic nitrogens is 2. The maximum absolute atomic E-state index is 5.97. The number of nitrogens with one attached hydrogen (secondary N) is 1. The molecule has 0 bridgehead atoms. The average molecular weight is 284 g/mol. The molecule has 2 nitrogen and oxygen atoms in total. The van der Waals surface area contributed by atoms with E-state index >= 15 is 0 Å². The van der Waals surface area contributed by atoms with Crippen molar-refractivity contribution in [2.24, 2.45) is 0 Å². The topological polar surface area (TPSA) is 28.7 Å². The number of rotatable bonds is 1. The van der Waals surface area contributed by atoms with Crippen LogP contribution in [0.3, 0.4) is 0 Å². The maximum atomic E-state index is 5.97. The third-order valence-electron chi connectivity index (χ3n) is 2.73. The molecular formula is C11H17Cl3N2. The van der Waals surface area contributed by atoms with E-state index in [1.807, 2.05) is 19.9 Å². The molecule has 1 heterocycles. The van der Waals surface area contributed by atoms with E-state index in [0.717, 1.165) is 11.4 Å². The summed E-state index contributed by atoms with van der Waals surface area (Å²) in [5.41, 5.74) is 1.18. The van der Waals surface area contributed by atoms with E-state index in [9.17, 15) is 0 Å². The monoisotopic (exact) mass is 282 g/mol. The predicted molar refractivity (Wildman–Crippen MR) is 70.6 cm³/mol. The Morgan fingerprint density at radius 3 is 1.88 bits per heavy atom. The fraction of sp³-hybridized carbons (Fsp3) is 0.727. The molecule has 1 rings (SSSR count). The zero-order chi connectivity index (χ0) is 12.8. The molecule has 1 aromatic rings. The minimum Gasteiger partial charge on any atom is -0.282 e. The van der Waals surface area contributed by atoms with Crippen molar-refractivity contribution in [3.05, 3.63) is 17.5 Å². The van der Waals surface area contributed by atoms with Crippen molar-refractivity contribution in [2.75, 3.05) is 0 Å². The maximum Gasteiger partial charge on any atom is 0.201 e. The van der Waals surface area contributed by atoms with Crippen LogP contribution in [0.5, 0.6) is 0 Å². The number of nitrogens with zero attached hydrogens (tertiary/aromatic N) is 1. The third-order valence-corrected chi connectivity index (χ3v) is 4.15. The number of halogens is 3. The molecule has 0 aromatic carbocycles. The Balaban J connectivity index is 3.13. The first-order valence-electron chi connectivity index (χ1n) is 5.09. The second-order valence-corrected chi connectivity index (χ2v) is 7.82. The van der Waals surface area contributed by atoms with Crippen LogP contribution >= 0.6 is 34.8 Å². The number of H-pyrrole nitrogens is 1. The van der Waals surface area contributed by atoms with E-state index in [-0.39, 0.29) is 5.41 Å². The first-order chi connectivity index (χ1) is 6.96. The Labute approximate surface area is 112 Å². The second kappa shape index (κ2) is 4.08.